The van der Waals surface area contributed by atoms with E-state index in [4.69, 9.17) is 10.8 Å². The molecule has 1 heterocycles. The second kappa shape index (κ2) is 3.98. The average molecular weight is 214 g/mol. The van der Waals surface area contributed by atoms with E-state index in [0.29, 0.717) is 6.42 Å². The first-order valence-electron chi connectivity index (χ1n) is 4.77. The van der Waals surface area contributed by atoms with Crippen LogP contribution in [0.25, 0.3) is 0 Å². The quantitative estimate of drug-likeness (QED) is 0.534. The Kier molecular flexibility index (Phi) is 3.09. The third-order valence-corrected chi connectivity index (χ3v) is 2.65. The Bertz CT molecular complexity index is 315. The number of amides is 2. The molecule has 1 fully saturated rings. The van der Waals surface area contributed by atoms with Crippen molar-refractivity contribution in [1.29, 1.82) is 0 Å². The van der Waals surface area contributed by atoms with E-state index in [0.717, 1.165) is 0 Å². The molecule has 0 saturated carbocycles. The molecule has 1 aliphatic rings. The number of hydrogen-bond acceptors (Lipinski definition) is 4. The molecule has 6 nitrogen and oxygen atoms in total. The Morgan fingerprint density at radius 2 is 2.27 bits per heavy atom. The topological polar surface area (TPSA) is 109 Å². The molecule has 0 bridgehead atoms. The van der Waals surface area contributed by atoms with E-state index in [1.54, 1.807) is 6.92 Å². The lowest BCUT2D eigenvalue weighted by Crippen LogP contribution is -2.66. The summed E-state index contributed by atoms with van der Waals surface area (Å²) in [6.07, 6.45) is 0.600. The van der Waals surface area contributed by atoms with Crippen LogP contribution in [0.2, 0.25) is 0 Å². The molecule has 2 atom stereocenters. The third kappa shape index (κ3) is 1.99. The van der Waals surface area contributed by atoms with Gasteiger partial charge in [-0.25, -0.2) is 0 Å². The van der Waals surface area contributed by atoms with E-state index >= 15 is 0 Å². The number of piperidine rings is 1. The van der Waals surface area contributed by atoms with Crippen LogP contribution in [0.3, 0.4) is 0 Å². The van der Waals surface area contributed by atoms with Gasteiger partial charge in [-0.15, -0.1) is 0 Å². The van der Waals surface area contributed by atoms with Gasteiger partial charge in [0.2, 0.25) is 11.8 Å². The van der Waals surface area contributed by atoms with Gasteiger partial charge in [0, 0.05) is 6.42 Å². The molecule has 2 amide bonds. The van der Waals surface area contributed by atoms with E-state index in [1.807, 2.05) is 0 Å². The number of carboxylic acids is 1. The maximum Gasteiger partial charge on any atom is 0.309 e. The van der Waals surface area contributed by atoms with Crippen LogP contribution in [0.15, 0.2) is 0 Å². The smallest absolute Gasteiger partial charge is 0.309 e. The van der Waals surface area contributed by atoms with E-state index < -0.39 is 29.2 Å². The maximum absolute atomic E-state index is 11.5. The normalized spacial score (nSPS) is 31.2. The van der Waals surface area contributed by atoms with Gasteiger partial charge in [-0.1, -0.05) is 13.3 Å². The average Bonchev–Trinajstić information content (AvgIpc) is 2.12. The summed E-state index contributed by atoms with van der Waals surface area (Å²) in [4.78, 5) is 33.5. The highest BCUT2D eigenvalue weighted by molar-refractivity contribution is 6.06. The number of nitrogens with two attached hydrogens (primary N) is 1. The maximum atomic E-state index is 11.5. The van der Waals surface area contributed by atoms with Crippen LogP contribution >= 0.6 is 0 Å². The number of aliphatic carboxylic acids is 1. The highest BCUT2D eigenvalue weighted by Crippen LogP contribution is 2.27. The van der Waals surface area contributed by atoms with E-state index in [-0.39, 0.29) is 12.8 Å². The summed E-state index contributed by atoms with van der Waals surface area (Å²) in [6.45, 7) is 1.80. The predicted octanol–water partition coefficient (Wildman–Crippen LogP) is -0.769. The summed E-state index contributed by atoms with van der Waals surface area (Å²) >= 11 is 0. The summed E-state index contributed by atoms with van der Waals surface area (Å²) in [5.74, 6) is -3.59. The number of rotatable bonds is 3. The van der Waals surface area contributed by atoms with Crippen molar-refractivity contribution in [3.8, 4) is 0 Å². The van der Waals surface area contributed by atoms with Crippen LogP contribution in [0.4, 0.5) is 0 Å². The molecule has 6 heteroatoms. The first kappa shape index (κ1) is 11.6. The van der Waals surface area contributed by atoms with Gasteiger partial charge in [0.05, 0.1) is 5.92 Å². The van der Waals surface area contributed by atoms with Crippen molar-refractivity contribution in [2.45, 2.75) is 31.7 Å². The van der Waals surface area contributed by atoms with Crippen LogP contribution in [-0.4, -0.2) is 28.4 Å². The first-order chi connectivity index (χ1) is 6.91. The van der Waals surface area contributed by atoms with Gasteiger partial charge in [0.15, 0.2) is 0 Å². The van der Waals surface area contributed by atoms with Crippen molar-refractivity contribution in [1.82, 2.24) is 5.32 Å². The molecular formula is C9H14N2O4. The van der Waals surface area contributed by atoms with Crippen molar-refractivity contribution in [3.05, 3.63) is 0 Å². The molecular weight excluding hydrogens is 200 g/mol. The zero-order valence-corrected chi connectivity index (χ0v) is 8.45. The number of hydrogen-bond donors (Lipinski definition) is 3. The minimum absolute atomic E-state index is 0.239. The van der Waals surface area contributed by atoms with Gasteiger partial charge in [-0.05, 0) is 6.42 Å². The SMILES string of the molecule is CCCC1(N)C(=O)NC(=O)CC1C(=O)O. The summed E-state index contributed by atoms with van der Waals surface area (Å²) < 4.78 is 0. The van der Waals surface area contributed by atoms with Gasteiger partial charge >= 0.3 is 5.97 Å². The zero-order chi connectivity index (χ0) is 11.6. The standard InChI is InChI=1S/C9H14N2O4/c1-2-3-9(10)5(7(13)14)4-6(12)11-8(9)15/h5H,2-4,10H2,1H3,(H,13,14)(H,11,12,15). The molecule has 0 aromatic rings. The highest BCUT2D eigenvalue weighted by Gasteiger charge is 2.50. The number of carboxylic acid groups (broad SMARTS) is 1. The largest absolute Gasteiger partial charge is 0.481 e. The second-order valence-corrected chi connectivity index (χ2v) is 3.76. The minimum atomic E-state index is -1.46. The van der Waals surface area contributed by atoms with Crippen LogP contribution in [0, 0.1) is 5.92 Å². The molecule has 1 aliphatic heterocycles. The van der Waals surface area contributed by atoms with Gasteiger partial charge in [0.25, 0.3) is 0 Å². The fourth-order valence-electron chi connectivity index (χ4n) is 1.83. The van der Waals surface area contributed by atoms with Crippen LogP contribution in [0.5, 0.6) is 0 Å². The number of imide groups is 1. The first-order valence-corrected chi connectivity index (χ1v) is 4.77. The molecule has 0 aromatic carbocycles. The second-order valence-electron chi connectivity index (χ2n) is 3.76. The van der Waals surface area contributed by atoms with Gasteiger partial charge in [-0.2, -0.15) is 0 Å². The number of carbonyl (C=O) groups excluding carboxylic acids is 2. The van der Waals surface area contributed by atoms with Crippen molar-refractivity contribution in [3.63, 3.8) is 0 Å². The van der Waals surface area contributed by atoms with Crippen LogP contribution < -0.4 is 11.1 Å². The molecule has 15 heavy (non-hydrogen) atoms. The summed E-state index contributed by atoms with van der Waals surface area (Å²) in [6, 6.07) is 0. The molecule has 0 radical (unpaired) electrons. The van der Waals surface area contributed by atoms with Crippen molar-refractivity contribution >= 4 is 17.8 Å². The number of carbonyl (C=O) groups is 3. The summed E-state index contributed by atoms with van der Waals surface area (Å²) in [7, 11) is 0. The molecule has 0 spiro atoms. The lowest BCUT2D eigenvalue weighted by atomic mass is 9.76. The zero-order valence-electron chi connectivity index (χ0n) is 8.45. The Hall–Kier alpha value is -1.43. The summed E-state index contributed by atoms with van der Waals surface area (Å²) in [5.41, 5.74) is 4.31. The van der Waals surface area contributed by atoms with Crippen molar-refractivity contribution in [2.24, 2.45) is 11.7 Å². The molecule has 1 saturated heterocycles. The van der Waals surface area contributed by atoms with E-state index in [2.05, 4.69) is 5.32 Å². The molecule has 84 valence electrons. The van der Waals surface area contributed by atoms with E-state index in [1.165, 1.54) is 0 Å². The molecule has 0 aromatic heterocycles. The van der Waals surface area contributed by atoms with Crippen LogP contribution in [-0.2, 0) is 14.4 Å². The Labute approximate surface area is 86.8 Å². The van der Waals surface area contributed by atoms with E-state index in [9.17, 15) is 14.4 Å². The molecule has 1 rings (SSSR count). The molecule has 0 aliphatic carbocycles. The third-order valence-electron chi connectivity index (χ3n) is 2.65. The van der Waals surface area contributed by atoms with Gasteiger partial charge in [-0.3, -0.25) is 19.7 Å². The van der Waals surface area contributed by atoms with Crippen molar-refractivity contribution in [2.75, 3.05) is 0 Å². The van der Waals surface area contributed by atoms with Crippen molar-refractivity contribution < 1.29 is 19.5 Å². The van der Waals surface area contributed by atoms with Gasteiger partial charge in [0.1, 0.15) is 5.54 Å². The van der Waals surface area contributed by atoms with Gasteiger partial charge < -0.3 is 10.8 Å². The Morgan fingerprint density at radius 3 is 2.73 bits per heavy atom. The lowest BCUT2D eigenvalue weighted by molar-refractivity contribution is -0.155. The Morgan fingerprint density at radius 1 is 1.67 bits per heavy atom. The fourth-order valence-corrected chi connectivity index (χ4v) is 1.83. The summed E-state index contributed by atoms with van der Waals surface area (Å²) in [5, 5.41) is 11.0. The predicted molar refractivity (Wildman–Crippen MR) is 50.7 cm³/mol. The lowest BCUT2D eigenvalue weighted by Gasteiger charge is -2.36. The van der Waals surface area contributed by atoms with Crippen LogP contribution in [0.1, 0.15) is 26.2 Å². The molecule has 4 N–H and O–H groups in total. The molecule has 2 unspecified atom stereocenters. The Balaban J connectivity index is 3.01. The monoisotopic (exact) mass is 214 g/mol. The number of nitrogens with one attached hydrogen (secondary N) is 1. The fraction of sp³-hybridized carbons (Fsp3) is 0.667. The minimum Gasteiger partial charge on any atom is -0.481 e. The highest BCUT2D eigenvalue weighted by atomic mass is 16.4.